The lowest BCUT2D eigenvalue weighted by molar-refractivity contribution is -0.123. The van der Waals surface area contributed by atoms with E-state index in [-0.39, 0.29) is 6.54 Å². The fourth-order valence-electron chi connectivity index (χ4n) is 1.26. The van der Waals surface area contributed by atoms with Gasteiger partial charge in [-0.15, -0.1) is 0 Å². The SMILES string of the molecule is CC(C)(C(=O)NCc1ccc(C#N)cc1)S(C)(=O)=O. The van der Waals surface area contributed by atoms with Crippen molar-refractivity contribution in [1.82, 2.24) is 5.32 Å². The minimum atomic E-state index is -3.47. The Morgan fingerprint density at radius 3 is 2.26 bits per heavy atom. The fraction of sp³-hybridized carbons (Fsp3) is 0.385. The Morgan fingerprint density at radius 1 is 1.32 bits per heavy atom. The highest BCUT2D eigenvalue weighted by atomic mass is 32.2. The third-order valence-electron chi connectivity index (χ3n) is 3.01. The predicted molar refractivity (Wildman–Crippen MR) is 71.9 cm³/mol. The first kappa shape index (κ1) is 15.2. The molecule has 0 saturated carbocycles. The number of nitriles is 1. The van der Waals surface area contributed by atoms with E-state index < -0.39 is 20.5 Å². The zero-order valence-electron chi connectivity index (χ0n) is 11.1. The second-order valence-corrected chi connectivity index (χ2v) is 7.34. The van der Waals surface area contributed by atoms with E-state index in [0.29, 0.717) is 5.56 Å². The number of nitrogens with zero attached hydrogens (tertiary/aromatic N) is 1. The summed E-state index contributed by atoms with van der Waals surface area (Å²) in [6.45, 7) is 2.97. The molecule has 1 rings (SSSR count). The van der Waals surface area contributed by atoms with E-state index in [0.717, 1.165) is 11.8 Å². The maximum atomic E-state index is 11.9. The Bertz CT molecular complexity index is 610. The van der Waals surface area contributed by atoms with E-state index in [1.165, 1.54) is 13.8 Å². The van der Waals surface area contributed by atoms with Crippen LogP contribution in [0.2, 0.25) is 0 Å². The van der Waals surface area contributed by atoms with E-state index in [2.05, 4.69) is 5.32 Å². The number of hydrogen-bond donors (Lipinski definition) is 1. The van der Waals surface area contributed by atoms with Gasteiger partial charge in [0.1, 0.15) is 4.75 Å². The van der Waals surface area contributed by atoms with Gasteiger partial charge in [0, 0.05) is 12.8 Å². The van der Waals surface area contributed by atoms with Gasteiger partial charge < -0.3 is 5.32 Å². The van der Waals surface area contributed by atoms with Crippen LogP contribution in [0, 0.1) is 11.3 Å². The van der Waals surface area contributed by atoms with Crippen molar-refractivity contribution in [3.63, 3.8) is 0 Å². The van der Waals surface area contributed by atoms with E-state index in [4.69, 9.17) is 5.26 Å². The van der Waals surface area contributed by atoms with Crippen molar-refractivity contribution >= 4 is 15.7 Å². The van der Waals surface area contributed by atoms with Gasteiger partial charge in [-0.05, 0) is 31.5 Å². The second kappa shape index (κ2) is 5.41. The molecule has 0 unspecified atom stereocenters. The largest absolute Gasteiger partial charge is 0.351 e. The highest BCUT2D eigenvalue weighted by Crippen LogP contribution is 2.15. The van der Waals surface area contributed by atoms with Crippen molar-refractivity contribution in [2.75, 3.05) is 6.26 Å². The molecule has 1 aromatic carbocycles. The molecule has 0 fully saturated rings. The summed E-state index contributed by atoms with van der Waals surface area (Å²) in [5.74, 6) is -0.542. The van der Waals surface area contributed by atoms with E-state index in [9.17, 15) is 13.2 Å². The summed E-state index contributed by atoms with van der Waals surface area (Å²) >= 11 is 0. The van der Waals surface area contributed by atoms with E-state index >= 15 is 0 Å². The molecular weight excluding hydrogens is 264 g/mol. The normalized spacial score (nSPS) is 11.7. The van der Waals surface area contributed by atoms with Gasteiger partial charge in [0.15, 0.2) is 9.84 Å². The van der Waals surface area contributed by atoms with Crippen LogP contribution in [-0.4, -0.2) is 25.3 Å². The maximum Gasteiger partial charge on any atom is 0.241 e. The molecule has 0 radical (unpaired) electrons. The topological polar surface area (TPSA) is 87.0 Å². The van der Waals surface area contributed by atoms with Crippen molar-refractivity contribution in [3.05, 3.63) is 35.4 Å². The van der Waals surface area contributed by atoms with Crippen molar-refractivity contribution in [1.29, 1.82) is 5.26 Å². The molecule has 0 spiro atoms. The molecule has 0 aliphatic rings. The van der Waals surface area contributed by atoms with Gasteiger partial charge >= 0.3 is 0 Å². The molecular formula is C13H16N2O3S. The number of carbonyl (C=O) groups is 1. The summed E-state index contributed by atoms with van der Waals surface area (Å²) in [5, 5.41) is 11.2. The Balaban J connectivity index is 2.72. The lowest BCUT2D eigenvalue weighted by atomic mass is 10.1. The standard InChI is InChI=1S/C13H16N2O3S/c1-13(2,19(3,17)18)12(16)15-9-11-6-4-10(8-14)5-7-11/h4-7H,9H2,1-3H3,(H,15,16). The number of amides is 1. The Kier molecular flexibility index (Phi) is 4.32. The van der Waals surface area contributed by atoms with Gasteiger partial charge in [0.2, 0.25) is 5.91 Å². The van der Waals surface area contributed by atoms with E-state index in [1.807, 2.05) is 6.07 Å². The Morgan fingerprint density at radius 2 is 1.84 bits per heavy atom. The van der Waals surface area contributed by atoms with Crippen LogP contribution in [0.5, 0.6) is 0 Å². The van der Waals surface area contributed by atoms with Gasteiger partial charge in [0.25, 0.3) is 0 Å². The summed E-state index contributed by atoms with van der Waals surface area (Å²) in [6.07, 6.45) is 1.04. The first-order valence-electron chi connectivity index (χ1n) is 5.65. The molecule has 1 N–H and O–H groups in total. The van der Waals surface area contributed by atoms with Gasteiger partial charge in [-0.1, -0.05) is 12.1 Å². The van der Waals surface area contributed by atoms with Gasteiger partial charge in [-0.2, -0.15) is 5.26 Å². The van der Waals surface area contributed by atoms with Crippen molar-refractivity contribution in [3.8, 4) is 6.07 Å². The smallest absolute Gasteiger partial charge is 0.241 e. The highest BCUT2D eigenvalue weighted by molar-refractivity contribution is 7.92. The van der Waals surface area contributed by atoms with Gasteiger partial charge in [-0.3, -0.25) is 4.79 Å². The summed E-state index contributed by atoms with van der Waals surface area (Å²) in [5.41, 5.74) is 1.34. The average Bonchev–Trinajstić information content (AvgIpc) is 2.35. The summed E-state index contributed by atoms with van der Waals surface area (Å²) < 4.78 is 21.5. The van der Waals surface area contributed by atoms with Crippen LogP contribution in [0.15, 0.2) is 24.3 Å². The quantitative estimate of drug-likeness (QED) is 0.891. The molecule has 0 bridgehead atoms. The molecule has 0 heterocycles. The fourth-order valence-corrected chi connectivity index (χ4v) is 1.67. The first-order chi connectivity index (χ1) is 8.68. The van der Waals surface area contributed by atoms with Crippen LogP contribution >= 0.6 is 0 Å². The minimum absolute atomic E-state index is 0.226. The number of hydrogen-bond acceptors (Lipinski definition) is 4. The van der Waals surface area contributed by atoms with Crippen molar-refractivity contribution < 1.29 is 13.2 Å². The molecule has 5 nitrogen and oxygen atoms in total. The molecule has 0 atom stereocenters. The third kappa shape index (κ3) is 3.55. The maximum absolute atomic E-state index is 11.9. The summed E-state index contributed by atoms with van der Waals surface area (Å²) in [4.78, 5) is 11.9. The molecule has 1 amide bonds. The number of sulfone groups is 1. The number of carbonyl (C=O) groups excluding carboxylic acids is 1. The molecule has 0 saturated heterocycles. The van der Waals surface area contributed by atoms with Crippen LogP contribution in [-0.2, 0) is 21.2 Å². The van der Waals surface area contributed by atoms with Crippen LogP contribution in [0.1, 0.15) is 25.0 Å². The predicted octanol–water partition coefficient (Wildman–Crippen LogP) is 0.998. The molecule has 1 aromatic rings. The molecule has 0 aliphatic carbocycles. The lowest BCUT2D eigenvalue weighted by Gasteiger charge is -2.21. The first-order valence-corrected chi connectivity index (χ1v) is 7.54. The van der Waals surface area contributed by atoms with Gasteiger partial charge in [-0.25, -0.2) is 8.42 Å². The highest BCUT2D eigenvalue weighted by Gasteiger charge is 2.38. The van der Waals surface area contributed by atoms with Crippen LogP contribution in [0.25, 0.3) is 0 Å². The second-order valence-electron chi connectivity index (χ2n) is 4.77. The summed E-state index contributed by atoms with van der Waals surface area (Å²) in [7, 11) is -3.47. The van der Waals surface area contributed by atoms with Crippen molar-refractivity contribution in [2.24, 2.45) is 0 Å². The molecule has 0 aromatic heterocycles. The molecule has 102 valence electrons. The molecule has 6 heteroatoms. The van der Waals surface area contributed by atoms with Crippen molar-refractivity contribution in [2.45, 2.75) is 25.1 Å². The Labute approximate surface area is 113 Å². The van der Waals surface area contributed by atoms with Crippen LogP contribution < -0.4 is 5.32 Å². The third-order valence-corrected chi connectivity index (χ3v) is 5.05. The van der Waals surface area contributed by atoms with Gasteiger partial charge in [0.05, 0.1) is 11.6 Å². The average molecular weight is 280 g/mol. The number of nitrogens with one attached hydrogen (secondary N) is 1. The van der Waals surface area contributed by atoms with E-state index in [1.54, 1.807) is 24.3 Å². The van der Waals surface area contributed by atoms with Crippen LogP contribution in [0.3, 0.4) is 0 Å². The van der Waals surface area contributed by atoms with Crippen LogP contribution in [0.4, 0.5) is 0 Å². The number of benzene rings is 1. The minimum Gasteiger partial charge on any atom is -0.351 e. The monoisotopic (exact) mass is 280 g/mol. The summed E-state index contributed by atoms with van der Waals surface area (Å²) in [6, 6.07) is 8.71. The molecule has 19 heavy (non-hydrogen) atoms. The zero-order chi connectivity index (χ0) is 14.7. The lowest BCUT2D eigenvalue weighted by Crippen LogP contribution is -2.47. The zero-order valence-corrected chi connectivity index (χ0v) is 11.9. The Hall–Kier alpha value is -1.87. The number of rotatable bonds is 4. The molecule has 0 aliphatic heterocycles.